The molecule has 86 valence electrons. The summed E-state index contributed by atoms with van der Waals surface area (Å²) in [5, 5.41) is 1.06. The summed E-state index contributed by atoms with van der Waals surface area (Å²) in [6.07, 6.45) is 2.05. The SMILES string of the molecule is Cc1ccccc1-c1nc2c(s1)CC(=O)CC2. The molecule has 3 rings (SSSR count). The summed E-state index contributed by atoms with van der Waals surface area (Å²) in [6.45, 7) is 2.10. The van der Waals surface area contributed by atoms with Crippen molar-refractivity contribution in [1.29, 1.82) is 0 Å². The molecule has 0 unspecified atom stereocenters. The second kappa shape index (κ2) is 4.08. The van der Waals surface area contributed by atoms with Gasteiger partial charge in [-0.2, -0.15) is 0 Å². The molecule has 3 heteroatoms. The van der Waals surface area contributed by atoms with E-state index in [9.17, 15) is 4.79 Å². The van der Waals surface area contributed by atoms with Crippen LogP contribution in [0.2, 0.25) is 0 Å². The first-order valence-corrected chi connectivity index (χ1v) is 6.62. The summed E-state index contributed by atoms with van der Waals surface area (Å²) >= 11 is 1.67. The number of aromatic nitrogens is 1. The Hall–Kier alpha value is -1.48. The Balaban J connectivity index is 2.06. The first kappa shape index (κ1) is 10.7. The van der Waals surface area contributed by atoms with Crippen molar-refractivity contribution in [2.24, 2.45) is 0 Å². The average molecular weight is 243 g/mol. The van der Waals surface area contributed by atoms with Crippen LogP contribution in [0, 0.1) is 6.92 Å². The van der Waals surface area contributed by atoms with Gasteiger partial charge in [-0.3, -0.25) is 4.79 Å². The van der Waals surface area contributed by atoms with Gasteiger partial charge in [0.25, 0.3) is 0 Å². The molecule has 17 heavy (non-hydrogen) atoms. The van der Waals surface area contributed by atoms with E-state index in [1.165, 1.54) is 16.0 Å². The van der Waals surface area contributed by atoms with E-state index in [-0.39, 0.29) is 0 Å². The third kappa shape index (κ3) is 1.91. The predicted molar refractivity (Wildman–Crippen MR) is 69.3 cm³/mol. The molecule has 0 aliphatic heterocycles. The van der Waals surface area contributed by atoms with Crippen molar-refractivity contribution in [3.05, 3.63) is 40.4 Å². The Kier molecular flexibility index (Phi) is 2.56. The van der Waals surface area contributed by atoms with E-state index in [4.69, 9.17) is 0 Å². The first-order chi connectivity index (χ1) is 8.24. The minimum absolute atomic E-state index is 0.345. The van der Waals surface area contributed by atoms with Gasteiger partial charge in [-0.1, -0.05) is 24.3 Å². The molecule has 0 bridgehead atoms. The van der Waals surface area contributed by atoms with Crippen molar-refractivity contribution in [3.8, 4) is 10.6 Å². The highest BCUT2D eigenvalue weighted by molar-refractivity contribution is 7.15. The highest BCUT2D eigenvalue weighted by atomic mass is 32.1. The molecule has 1 aliphatic carbocycles. The normalized spacial score (nSPS) is 14.8. The van der Waals surface area contributed by atoms with Crippen molar-refractivity contribution < 1.29 is 4.79 Å². The van der Waals surface area contributed by atoms with Gasteiger partial charge < -0.3 is 0 Å². The van der Waals surface area contributed by atoms with Crippen molar-refractivity contribution in [3.63, 3.8) is 0 Å². The lowest BCUT2D eigenvalue weighted by molar-refractivity contribution is -0.118. The molecule has 2 nitrogen and oxygen atoms in total. The maximum atomic E-state index is 11.4. The van der Waals surface area contributed by atoms with E-state index in [0.717, 1.165) is 17.1 Å². The zero-order valence-electron chi connectivity index (χ0n) is 9.69. The Morgan fingerprint density at radius 2 is 2.06 bits per heavy atom. The summed E-state index contributed by atoms with van der Waals surface area (Å²) in [5.74, 6) is 0.345. The van der Waals surface area contributed by atoms with Gasteiger partial charge in [0.1, 0.15) is 10.8 Å². The molecule has 0 fully saturated rings. The van der Waals surface area contributed by atoms with E-state index in [1.54, 1.807) is 11.3 Å². The molecule has 1 heterocycles. The number of fused-ring (bicyclic) bond motifs is 1. The molecule has 0 spiro atoms. The van der Waals surface area contributed by atoms with Crippen LogP contribution in [0.1, 0.15) is 22.6 Å². The van der Waals surface area contributed by atoms with Crippen molar-refractivity contribution in [2.45, 2.75) is 26.2 Å². The van der Waals surface area contributed by atoms with E-state index in [2.05, 4.69) is 24.0 Å². The van der Waals surface area contributed by atoms with E-state index in [1.807, 2.05) is 12.1 Å². The number of hydrogen-bond acceptors (Lipinski definition) is 3. The second-order valence-electron chi connectivity index (χ2n) is 4.42. The zero-order valence-corrected chi connectivity index (χ0v) is 10.5. The molecular formula is C14H13NOS. The summed E-state index contributed by atoms with van der Waals surface area (Å²) in [4.78, 5) is 17.3. The Labute approximate surface area is 104 Å². The van der Waals surface area contributed by atoms with Crippen LogP contribution in [0.5, 0.6) is 0 Å². The summed E-state index contributed by atoms with van der Waals surface area (Å²) in [6, 6.07) is 8.27. The van der Waals surface area contributed by atoms with Gasteiger partial charge in [-0.05, 0) is 18.9 Å². The van der Waals surface area contributed by atoms with Crippen molar-refractivity contribution >= 4 is 17.1 Å². The molecule has 1 aliphatic rings. The molecule has 1 aromatic heterocycles. The van der Waals surface area contributed by atoms with Crippen LogP contribution in [0.3, 0.4) is 0 Å². The monoisotopic (exact) mass is 243 g/mol. The molecule has 0 radical (unpaired) electrons. The van der Waals surface area contributed by atoms with Crippen LogP contribution in [-0.4, -0.2) is 10.8 Å². The van der Waals surface area contributed by atoms with Crippen LogP contribution in [0.4, 0.5) is 0 Å². The van der Waals surface area contributed by atoms with Crippen LogP contribution in [-0.2, 0) is 17.6 Å². The van der Waals surface area contributed by atoms with Gasteiger partial charge >= 0.3 is 0 Å². The molecule has 0 N–H and O–H groups in total. The van der Waals surface area contributed by atoms with Gasteiger partial charge in [0.15, 0.2) is 0 Å². The number of ketones is 1. The number of rotatable bonds is 1. The highest BCUT2D eigenvalue weighted by Crippen LogP contribution is 2.33. The maximum absolute atomic E-state index is 11.4. The van der Waals surface area contributed by atoms with E-state index in [0.29, 0.717) is 18.6 Å². The fourth-order valence-electron chi connectivity index (χ4n) is 2.17. The van der Waals surface area contributed by atoms with Gasteiger partial charge in [-0.15, -0.1) is 11.3 Å². The number of hydrogen-bond donors (Lipinski definition) is 0. The number of thiazole rings is 1. The van der Waals surface area contributed by atoms with Crippen molar-refractivity contribution in [1.82, 2.24) is 4.98 Å². The third-order valence-electron chi connectivity index (χ3n) is 3.15. The molecule has 0 saturated heterocycles. The fourth-order valence-corrected chi connectivity index (χ4v) is 3.40. The highest BCUT2D eigenvalue weighted by Gasteiger charge is 2.20. The second-order valence-corrected chi connectivity index (χ2v) is 5.50. The smallest absolute Gasteiger partial charge is 0.138 e. The third-order valence-corrected chi connectivity index (χ3v) is 4.28. The summed E-state index contributed by atoms with van der Waals surface area (Å²) < 4.78 is 0. The van der Waals surface area contributed by atoms with Gasteiger partial charge in [0.05, 0.1) is 5.69 Å². The fraction of sp³-hybridized carbons (Fsp3) is 0.286. The maximum Gasteiger partial charge on any atom is 0.138 e. The molecular weight excluding hydrogens is 230 g/mol. The summed E-state index contributed by atoms with van der Waals surface area (Å²) in [5.41, 5.74) is 3.57. The molecule has 0 amide bonds. The predicted octanol–water partition coefficient (Wildman–Crippen LogP) is 3.18. The number of Topliss-reactive ketones (excluding diaryl/α,β-unsaturated/α-hetero) is 1. The quantitative estimate of drug-likeness (QED) is 0.770. The van der Waals surface area contributed by atoms with Crippen LogP contribution in [0.25, 0.3) is 10.6 Å². The average Bonchev–Trinajstić information content (AvgIpc) is 2.72. The number of carbonyl (C=O) groups is 1. The van der Waals surface area contributed by atoms with Crippen LogP contribution >= 0.6 is 11.3 Å². The van der Waals surface area contributed by atoms with Gasteiger partial charge in [-0.25, -0.2) is 4.98 Å². The van der Waals surface area contributed by atoms with E-state index >= 15 is 0 Å². The lowest BCUT2D eigenvalue weighted by atomic mass is 10.0. The Bertz CT molecular complexity index is 586. The molecule has 1 aromatic carbocycles. The number of benzene rings is 1. The molecule has 0 saturated carbocycles. The minimum atomic E-state index is 0.345. The minimum Gasteiger partial charge on any atom is -0.299 e. The Morgan fingerprint density at radius 1 is 1.24 bits per heavy atom. The van der Waals surface area contributed by atoms with Gasteiger partial charge in [0.2, 0.25) is 0 Å². The molecule has 2 aromatic rings. The topological polar surface area (TPSA) is 30.0 Å². The van der Waals surface area contributed by atoms with Crippen molar-refractivity contribution in [2.75, 3.05) is 0 Å². The standard InChI is InChI=1S/C14H13NOS/c1-9-4-2-3-5-11(9)14-15-12-7-6-10(16)8-13(12)17-14/h2-5H,6-8H2,1H3. The van der Waals surface area contributed by atoms with Crippen LogP contribution < -0.4 is 0 Å². The first-order valence-electron chi connectivity index (χ1n) is 5.80. The zero-order chi connectivity index (χ0) is 11.8. The lowest BCUT2D eigenvalue weighted by Crippen LogP contribution is -2.11. The number of nitrogens with zero attached hydrogens (tertiary/aromatic N) is 1. The van der Waals surface area contributed by atoms with E-state index < -0.39 is 0 Å². The van der Waals surface area contributed by atoms with Crippen LogP contribution in [0.15, 0.2) is 24.3 Å². The van der Waals surface area contributed by atoms with Gasteiger partial charge in [0, 0.05) is 23.3 Å². The largest absolute Gasteiger partial charge is 0.299 e. The summed E-state index contributed by atoms with van der Waals surface area (Å²) in [7, 11) is 0. The number of carbonyl (C=O) groups excluding carboxylic acids is 1. The molecule has 0 atom stereocenters. The number of aryl methyl sites for hydroxylation is 2. The lowest BCUT2D eigenvalue weighted by Gasteiger charge is -2.06. The Morgan fingerprint density at radius 3 is 2.88 bits per heavy atom.